The average Bonchev–Trinajstić information content (AvgIpc) is 2.44. The first-order chi connectivity index (χ1) is 9.32. The van der Waals surface area contributed by atoms with Gasteiger partial charge in [0.1, 0.15) is 0 Å². The summed E-state index contributed by atoms with van der Waals surface area (Å²) in [5.41, 5.74) is 0.956. The predicted octanol–water partition coefficient (Wildman–Crippen LogP) is 3.10. The van der Waals surface area contributed by atoms with E-state index in [9.17, 15) is 5.26 Å². The SMILES string of the molecule is N#CC1(c2ccccc2)CC(NC2CCSCC2)C1. The van der Waals surface area contributed by atoms with Crippen LogP contribution in [0, 0.1) is 11.3 Å². The summed E-state index contributed by atoms with van der Waals surface area (Å²) in [7, 11) is 0. The van der Waals surface area contributed by atoms with E-state index >= 15 is 0 Å². The number of hydrogen-bond donors (Lipinski definition) is 1. The number of hydrogen-bond acceptors (Lipinski definition) is 3. The van der Waals surface area contributed by atoms with E-state index in [1.165, 1.54) is 29.9 Å². The van der Waals surface area contributed by atoms with Crippen LogP contribution >= 0.6 is 11.8 Å². The van der Waals surface area contributed by atoms with E-state index in [1.54, 1.807) is 0 Å². The lowest BCUT2D eigenvalue weighted by Crippen LogP contribution is -2.54. The molecule has 1 saturated heterocycles. The molecular weight excluding hydrogens is 252 g/mol. The molecular formula is C16H20N2S. The Balaban J connectivity index is 1.59. The second kappa shape index (κ2) is 5.56. The normalized spacial score (nSPS) is 31.4. The van der Waals surface area contributed by atoms with Crippen LogP contribution in [0.1, 0.15) is 31.2 Å². The van der Waals surface area contributed by atoms with Gasteiger partial charge in [0, 0.05) is 12.1 Å². The zero-order valence-electron chi connectivity index (χ0n) is 11.1. The fourth-order valence-electron chi connectivity index (χ4n) is 3.25. The van der Waals surface area contributed by atoms with Crippen molar-refractivity contribution in [1.82, 2.24) is 5.32 Å². The summed E-state index contributed by atoms with van der Waals surface area (Å²) < 4.78 is 0. The van der Waals surface area contributed by atoms with Crippen LogP contribution in [0.5, 0.6) is 0 Å². The van der Waals surface area contributed by atoms with E-state index in [1.807, 2.05) is 18.2 Å². The minimum Gasteiger partial charge on any atom is -0.311 e. The van der Waals surface area contributed by atoms with Gasteiger partial charge in [-0.3, -0.25) is 0 Å². The highest BCUT2D eigenvalue weighted by Crippen LogP contribution is 2.43. The number of nitriles is 1. The van der Waals surface area contributed by atoms with Crippen LogP contribution in [0.3, 0.4) is 0 Å². The van der Waals surface area contributed by atoms with E-state index < -0.39 is 0 Å². The van der Waals surface area contributed by atoms with Crippen LogP contribution in [0.2, 0.25) is 0 Å². The standard InChI is InChI=1S/C16H20N2S/c17-12-16(13-4-2-1-3-5-13)10-15(11-16)18-14-6-8-19-9-7-14/h1-5,14-15,18H,6-11H2. The summed E-state index contributed by atoms with van der Waals surface area (Å²) in [6, 6.07) is 14.0. The molecule has 0 spiro atoms. The van der Waals surface area contributed by atoms with Gasteiger partial charge >= 0.3 is 0 Å². The van der Waals surface area contributed by atoms with E-state index in [-0.39, 0.29) is 5.41 Å². The molecule has 3 rings (SSSR count). The first-order valence-corrected chi connectivity index (χ1v) is 8.28. The van der Waals surface area contributed by atoms with Gasteiger partial charge in [-0.2, -0.15) is 17.0 Å². The van der Waals surface area contributed by atoms with Crippen molar-refractivity contribution >= 4 is 11.8 Å². The summed E-state index contributed by atoms with van der Waals surface area (Å²) in [6.07, 6.45) is 4.51. The summed E-state index contributed by atoms with van der Waals surface area (Å²) in [6.45, 7) is 0. The average molecular weight is 272 g/mol. The van der Waals surface area contributed by atoms with Gasteiger partial charge in [0.2, 0.25) is 0 Å². The highest BCUT2D eigenvalue weighted by molar-refractivity contribution is 7.99. The van der Waals surface area contributed by atoms with Crippen molar-refractivity contribution in [1.29, 1.82) is 5.26 Å². The number of thioether (sulfide) groups is 1. The molecule has 0 radical (unpaired) electrons. The second-order valence-electron chi connectivity index (χ2n) is 5.72. The Labute approximate surface area is 119 Å². The van der Waals surface area contributed by atoms with E-state index in [0.717, 1.165) is 12.8 Å². The van der Waals surface area contributed by atoms with Gasteiger partial charge < -0.3 is 5.32 Å². The molecule has 1 N–H and O–H groups in total. The molecule has 2 fully saturated rings. The molecule has 0 bridgehead atoms. The van der Waals surface area contributed by atoms with Crippen molar-refractivity contribution in [2.45, 2.75) is 43.2 Å². The van der Waals surface area contributed by atoms with Crippen LogP contribution < -0.4 is 5.32 Å². The summed E-state index contributed by atoms with van der Waals surface area (Å²) in [4.78, 5) is 0. The Morgan fingerprint density at radius 2 is 1.79 bits per heavy atom. The van der Waals surface area contributed by atoms with E-state index in [2.05, 4.69) is 35.3 Å². The Kier molecular flexibility index (Phi) is 3.81. The first kappa shape index (κ1) is 13.0. The minimum atomic E-state index is -0.234. The number of benzene rings is 1. The van der Waals surface area contributed by atoms with Crippen LogP contribution in [-0.4, -0.2) is 23.6 Å². The molecule has 1 aromatic rings. The first-order valence-electron chi connectivity index (χ1n) is 7.13. The lowest BCUT2D eigenvalue weighted by atomic mass is 9.62. The highest BCUT2D eigenvalue weighted by atomic mass is 32.2. The second-order valence-corrected chi connectivity index (χ2v) is 6.94. The maximum atomic E-state index is 9.53. The van der Waals surface area contributed by atoms with Gasteiger partial charge in [0.05, 0.1) is 11.5 Å². The van der Waals surface area contributed by atoms with Crippen LogP contribution in [0.4, 0.5) is 0 Å². The number of nitrogens with zero attached hydrogens (tertiary/aromatic N) is 1. The third-order valence-electron chi connectivity index (χ3n) is 4.42. The van der Waals surface area contributed by atoms with E-state index in [4.69, 9.17) is 0 Å². The quantitative estimate of drug-likeness (QED) is 0.918. The third-order valence-corrected chi connectivity index (χ3v) is 5.47. The molecule has 0 aromatic heterocycles. The van der Waals surface area contributed by atoms with Gasteiger partial charge in [-0.15, -0.1) is 0 Å². The topological polar surface area (TPSA) is 35.8 Å². The maximum absolute atomic E-state index is 9.53. The van der Waals surface area contributed by atoms with Gasteiger partial charge in [-0.25, -0.2) is 0 Å². The van der Waals surface area contributed by atoms with Gasteiger partial charge in [-0.05, 0) is 42.8 Å². The van der Waals surface area contributed by atoms with Crippen molar-refractivity contribution in [2.75, 3.05) is 11.5 Å². The molecule has 0 atom stereocenters. The Hall–Kier alpha value is -0.980. The lowest BCUT2D eigenvalue weighted by molar-refractivity contribution is 0.205. The Morgan fingerprint density at radius 1 is 1.11 bits per heavy atom. The molecule has 1 aromatic carbocycles. The molecule has 2 aliphatic rings. The molecule has 1 saturated carbocycles. The predicted molar refractivity (Wildman–Crippen MR) is 80.2 cm³/mol. The van der Waals surface area contributed by atoms with Gasteiger partial charge in [-0.1, -0.05) is 30.3 Å². The van der Waals surface area contributed by atoms with Gasteiger partial charge in [0.15, 0.2) is 0 Å². The molecule has 19 heavy (non-hydrogen) atoms. The molecule has 0 amide bonds. The molecule has 0 unspecified atom stereocenters. The number of nitrogens with one attached hydrogen (secondary N) is 1. The monoisotopic (exact) mass is 272 g/mol. The lowest BCUT2D eigenvalue weighted by Gasteiger charge is -2.45. The van der Waals surface area contributed by atoms with Crippen LogP contribution in [-0.2, 0) is 5.41 Å². The molecule has 2 nitrogen and oxygen atoms in total. The Morgan fingerprint density at radius 3 is 2.42 bits per heavy atom. The molecule has 1 aliphatic heterocycles. The molecule has 1 aliphatic carbocycles. The zero-order valence-corrected chi connectivity index (χ0v) is 12.0. The fraction of sp³-hybridized carbons (Fsp3) is 0.562. The van der Waals surface area contributed by atoms with Crippen molar-refractivity contribution in [3.05, 3.63) is 35.9 Å². The van der Waals surface area contributed by atoms with Gasteiger partial charge in [0.25, 0.3) is 0 Å². The molecule has 3 heteroatoms. The van der Waals surface area contributed by atoms with Crippen molar-refractivity contribution in [3.8, 4) is 6.07 Å². The van der Waals surface area contributed by atoms with Crippen molar-refractivity contribution in [3.63, 3.8) is 0 Å². The third kappa shape index (κ3) is 2.66. The van der Waals surface area contributed by atoms with Crippen molar-refractivity contribution in [2.24, 2.45) is 0 Å². The summed E-state index contributed by atoms with van der Waals surface area (Å²) >= 11 is 2.06. The zero-order chi connectivity index (χ0) is 13.1. The van der Waals surface area contributed by atoms with Crippen LogP contribution in [0.15, 0.2) is 30.3 Å². The maximum Gasteiger partial charge on any atom is 0.0852 e. The van der Waals surface area contributed by atoms with Crippen LogP contribution in [0.25, 0.3) is 0 Å². The van der Waals surface area contributed by atoms with Crippen molar-refractivity contribution < 1.29 is 0 Å². The van der Waals surface area contributed by atoms with E-state index in [0.29, 0.717) is 12.1 Å². The summed E-state index contributed by atoms with van der Waals surface area (Å²) in [5.74, 6) is 2.57. The smallest absolute Gasteiger partial charge is 0.0852 e. The number of rotatable bonds is 3. The summed E-state index contributed by atoms with van der Waals surface area (Å²) in [5, 5.41) is 13.3. The molecule has 1 heterocycles. The molecule has 100 valence electrons. The largest absolute Gasteiger partial charge is 0.311 e. The highest BCUT2D eigenvalue weighted by Gasteiger charge is 2.46. The minimum absolute atomic E-state index is 0.234. The Bertz CT molecular complexity index is 453. The fourth-order valence-corrected chi connectivity index (χ4v) is 4.35.